The Hall–Kier alpha value is -3.15. The first kappa shape index (κ1) is 21.1. The number of carbonyl (C=O) groups excluding carboxylic acids is 3. The molecule has 1 heterocycles. The van der Waals surface area contributed by atoms with Crippen molar-refractivity contribution in [1.82, 2.24) is 15.5 Å². The van der Waals surface area contributed by atoms with E-state index in [1.165, 1.54) is 0 Å². The van der Waals surface area contributed by atoms with Gasteiger partial charge in [-0.25, -0.2) is 0 Å². The smallest absolute Gasteiger partial charge is 0.255 e. The molecule has 1 saturated carbocycles. The molecule has 31 heavy (non-hydrogen) atoms. The molecule has 2 aliphatic rings. The van der Waals surface area contributed by atoms with Gasteiger partial charge in [0.2, 0.25) is 11.8 Å². The predicted octanol–water partition coefficient (Wildman–Crippen LogP) is 3.37. The summed E-state index contributed by atoms with van der Waals surface area (Å²) in [6, 6.07) is 16.4. The molecule has 0 spiro atoms. The highest BCUT2D eigenvalue weighted by molar-refractivity contribution is 6.05. The van der Waals surface area contributed by atoms with Gasteiger partial charge in [-0.15, -0.1) is 0 Å². The number of nitrogens with zero attached hydrogens (tertiary/aromatic N) is 1. The second-order valence-corrected chi connectivity index (χ2v) is 8.81. The Bertz CT molecular complexity index is 969. The zero-order valence-corrected chi connectivity index (χ0v) is 18.0. The van der Waals surface area contributed by atoms with Gasteiger partial charge in [0, 0.05) is 11.6 Å². The number of amides is 3. The van der Waals surface area contributed by atoms with Gasteiger partial charge < -0.3 is 15.5 Å². The van der Waals surface area contributed by atoms with Crippen LogP contribution in [-0.4, -0.2) is 35.2 Å². The van der Waals surface area contributed by atoms with E-state index in [9.17, 15) is 14.4 Å². The number of nitrogens with one attached hydrogen (secondary N) is 2. The minimum Gasteiger partial charge on any atom is -0.348 e. The van der Waals surface area contributed by atoms with Crippen LogP contribution >= 0.6 is 0 Å². The molecule has 0 saturated heterocycles. The summed E-state index contributed by atoms with van der Waals surface area (Å²) in [6.07, 6.45) is 2.64. The van der Waals surface area contributed by atoms with Crippen molar-refractivity contribution in [2.45, 2.75) is 51.2 Å². The molecular formula is C25H29N3O3. The van der Waals surface area contributed by atoms with Crippen LogP contribution in [0.25, 0.3) is 0 Å². The number of fused-ring (bicyclic) bond motifs is 1. The summed E-state index contributed by atoms with van der Waals surface area (Å²) in [5.41, 5.74) is 2.35. The van der Waals surface area contributed by atoms with Crippen LogP contribution in [0.15, 0.2) is 54.6 Å². The summed E-state index contributed by atoms with van der Waals surface area (Å²) in [5, 5.41) is 5.81. The molecule has 1 aliphatic carbocycles. The maximum Gasteiger partial charge on any atom is 0.255 e. The molecule has 6 nitrogen and oxygen atoms in total. The fourth-order valence-corrected chi connectivity index (χ4v) is 4.28. The summed E-state index contributed by atoms with van der Waals surface area (Å²) >= 11 is 0. The first-order valence-electron chi connectivity index (χ1n) is 11.0. The molecule has 0 bridgehead atoms. The lowest BCUT2D eigenvalue weighted by molar-refractivity contribution is -0.129. The molecule has 3 amide bonds. The first-order valence-corrected chi connectivity index (χ1v) is 11.0. The lowest BCUT2D eigenvalue weighted by Gasteiger charge is -2.25. The summed E-state index contributed by atoms with van der Waals surface area (Å²) < 4.78 is 0. The fraction of sp³-hybridized carbons (Fsp3) is 0.400. The Morgan fingerprint density at radius 1 is 1.03 bits per heavy atom. The molecule has 4 rings (SSSR count). The van der Waals surface area contributed by atoms with Crippen molar-refractivity contribution in [2.75, 3.05) is 6.54 Å². The third-order valence-corrected chi connectivity index (χ3v) is 5.85. The van der Waals surface area contributed by atoms with Crippen molar-refractivity contribution in [2.24, 2.45) is 5.92 Å². The predicted molar refractivity (Wildman–Crippen MR) is 118 cm³/mol. The standard InChI is InChI=1S/C25H29N3O3/c1-16(2)14-21(17-8-4-3-5-9-17)27-22(29)15-26-24(30)23-19-10-6-7-11-20(19)25(31)28(23)18-12-13-18/h3-11,16,18,21,23H,12-15H2,1-2H3,(H,26,30)(H,27,29). The normalized spacial score (nSPS) is 18.6. The van der Waals surface area contributed by atoms with Crippen molar-refractivity contribution in [3.05, 3.63) is 71.3 Å². The molecule has 2 unspecified atom stereocenters. The van der Waals surface area contributed by atoms with Gasteiger partial charge in [-0.1, -0.05) is 62.4 Å². The third-order valence-electron chi connectivity index (χ3n) is 5.85. The molecular weight excluding hydrogens is 390 g/mol. The molecule has 2 aromatic carbocycles. The van der Waals surface area contributed by atoms with Crippen molar-refractivity contribution >= 4 is 17.7 Å². The van der Waals surface area contributed by atoms with E-state index >= 15 is 0 Å². The van der Waals surface area contributed by atoms with E-state index in [0.717, 1.165) is 30.4 Å². The van der Waals surface area contributed by atoms with Crippen LogP contribution in [-0.2, 0) is 9.59 Å². The number of benzene rings is 2. The highest BCUT2D eigenvalue weighted by Gasteiger charge is 2.47. The molecule has 1 aliphatic heterocycles. The monoisotopic (exact) mass is 419 g/mol. The van der Waals surface area contributed by atoms with E-state index in [0.29, 0.717) is 11.5 Å². The molecule has 2 atom stereocenters. The Labute approximate surface area is 183 Å². The van der Waals surface area contributed by atoms with Gasteiger partial charge in [-0.05, 0) is 42.4 Å². The Morgan fingerprint density at radius 3 is 2.39 bits per heavy atom. The Kier molecular flexibility index (Phi) is 6.07. The highest BCUT2D eigenvalue weighted by Crippen LogP contribution is 2.41. The Morgan fingerprint density at radius 2 is 1.71 bits per heavy atom. The molecule has 2 N–H and O–H groups in total. The van der Waals surface area contributed by atoms with E-state index in [-0.39, 0.29) is 36.3 Å². The van der Waals surface area contributed by atoms with Crippen molar-refractivity contribution in [3.8, 4) is 0 Å². The van der Waals surface area contributed by atoms with E-state index in [4.69, 9.17) is 0 Å². The van der Waals surface area contributed by atoms with E-state index in [1.807, 2.05) is 48.5 Å². The van der Waals surface area contributed by atoms with E-state index < -0.39 is 6.04 Å². The zero-order chi connectivity index (χ0) is 22.0. The minimum atomic E-state index is -0.662. The minimum absolute atomic E-state index is 0.0937. The summed E-state index contributed by atoms with van der Waals surface area (Å²) in [7, 11) is 0. The van der Waals surface area contributed by atoms with Gasteiger partial charge in [-0.3, -0.25) is 14.4 Å². The molecule has 0 radical (unpaired) electrons. The third kappa shape index (κ3) is 4.63. The molecule has 6 heteroatoms. The number of hydrogen-bond acceptors (Lipinski definition) is 3. The number of rotatable bonds is 8. The number of hydrogen-bond donors (Lipinski definition) is 2. The maximum atomic E-state index is 13.0. The lowest BCUT2D eigenvalue weighted by atomic mass is 9.97. The molecule has 2 aromatic rings. The van der Waals surface area contributed by atoms with Gasteiger partial charge in [-0.2, -0.15) is 0 Å². The first-order chi connectivity index (χ1) is 15.0. The summed E-state index contributed by atoms with van der Waals surface area (Å²) in [6.45, 7) is 4.11. The largest absolute Gasteiger partial charge is 0.348 e. The van der Waals surface area contributed by atoms with Gasteiger partial charge >= 0.3 is 0 Å². The SMILES string of the molecule is CC(C)CC(NC(=O)CNC(=O)C1c2ccccc2C(=O)N1C1CC1)c1ccccc1. The molecule has 0 aromatic heterocycles. The van der Waals surface area contributed by atoms with Gasteiger partial charge in [0.25, 0.3) is 5.91 Å². The van der Waals surface area contributed by atoms with E-state index in [1.54, 1.807) is 11.0 Å². The Balaban J connectivity index is 1.42. The quantitative estimate of drug-likeness (QED) is 0.689. The lowest BCUT2D eigenvalue weighted by Crippen LogP contribution is -2.44. The maximum absolute atomic E-state index is 13.0. The fourth-order valence-electron chi connectivity index (χ4n) is 4.28. The van der Waals surface area contributed by atoms with Crippen LogP contribution in [0.5, 0.6) is 0 Å². The van der Waals surface area contributed by atoms with Crippen molar-refractivity contribution in [3.63, 3.8) is 0 Å². The average molecular weight is 420 g/mol. The number of carbonyl (C=O) groups is 3. The van der Waals surface area contributed by atoms with Gasteiger partial charge in [0.15, 0.2) is 0 Å². The second-order valence-electron chi connectivity index (χ2n) is 8.81. The van der Waals surface area contributed by atoms with Crippen molar-refractivity contribution in [1.29, 1.82) is 0 Å². The van der Waals surface area contributed by atoms with Gasteiger partial charge in [0.05, 0.1) is 12.6 Å². The second kappa shape index (κ2) is 8.92. The van der Waals surface area contributed by atoms with Crippen LogP contribution in [0.2, 0.25) is 0 Å². The van der Waals surface area contributed by atoms with Crippen LogP contribution in [0.3, 0.4) is 0 Å². The molecule has 1 fully saturated rings. The summed E-state index contributed by atoms with van der Waals surface area (Å²) in [4.78, 5) is 40.2. The van der Waals surface area contributed by atoms with Crippen molar-refractivity contribution < 1.29 is 14.4 Å². The van der Waals surface area contributed by atoms with Crippen LogP contribution in [0.1, 0.15) is 66.7 Å². The van der Waals surface area contributed by atoms with Gasteiger partial charge in [0.1, 0.15) is 6.04 Å². The van der Waals surface area contributed by atoms with E-state index in [2.05, 4.69) is 24.5 Å². The molecule has 162 valence electrons. The summed E-state index contributed by atoms with van der Waals surface area (Å²) in [5.74, 6) is -0.226. The van der Waals surface area contributed by atoms with Crippen LogP contribution in [0, 0.1) is 5.92 Å². The average Bonchev–Trinajstić information content (AvgIpc) is 3.56. The van der Waals surface area contributed by atoms with Crippen LogP contribution < -0.4 is 10.6 Å². The van der Waals surface area contributed by atoms with Crippen LogP contribution in [0.4, 0.5) is 0 Å². The highest BCUT2D eigenvalue weighted by atomic mass is 16.2. The topological polar surface area (TPSA) is 78.5 Å². The zero-order valence-electron chi connectivity index (χ0n) is 18.0.